The molecule has 1 aliphatic rings. The van der Waals surface area contributed by atoms with Crippen molar-refractivity contribution in [3.8, 4) is 0 Å². The van der Waals surface area contributed by atoms with Gasteiger partial charge in [0.15, 0.2) is 0 Å². The van der Waals surface area contributed by atoms with Crippen LogP contribution in [0.2, 0.25) is 0 Å². The van der Waals surface area contributed by atoms with Crippen molar-refractivity contribution in [3.05, 3.63) is 29.3 Å². The minimum atomic E-state index is -1.10. The number of carboxylic acids is 1. The Morgan fingerprint density at radius 2 is 1.96 bits per heavy atom. The zero-order valence-corrected chi connectivity index (χ0v) is 14.8. The van der Waals surface area contributed by atoms with E-state index >= 15 is 0 Å². The van der Waals surface area contributed by atoms with E-state index in [1.165, 1.54) is 0 Å². The second kappa shape index (κ2) is 8.46. The molecule has 8 nitrogen and oxygen atoms in total. The molecule has 4 N–H and O–H groups in total. The number of benzene rings is 1. The minimum absolute atomic E-state index is 0.0549. The molecule has 3 amide bonds. The predicted molar refractivity (Wildman–Crippen MR) is 94.7 cm³/mol. The van der Waals surface area contributed by atoms with E-state index in [0.717, 1.165) is 5.56 Å². The molecular weight excluding hydrogens is 338 g/mol. The number of nitrogens with one attached hydrogen (secondary N) is 3. The van der Waals surface area contributed by atoms with Crippen molar-refractivity contribution in [3.63, 3.8) is 0 Å². The van der Waals surface area contributed by atoms with Gasteiger partial charge in [-0.2, -0.15) is 0 Å². The summed E-state index contributed by atoms with van der Waals surface area (Å²) in [6, 6.07) is 3.92. The van der Waals surface area contributed by atoms with E-state index < -0.39 is 23.8 Å². The largest absolute Gasteiger partial charge is 0.480 e. The van der Waals surface area contributed by atoms with Crippen molar-refractivity contribution in [2.24, 2.45) is 5.92 Å². The Morgan fingerprint density at radius 1 is 1.23 bits per heavy atom. The molecule has 1 atom stereocenters. The van der Waals surface area contributed by atoms with Gasteiger partial charge in [0.1, 0.15) is 6.04 Å². The van der Waals surface area contributed by atoms with E-state index in [0.29, 0.717) is 30.5 Å². The van der Waals surface area contributed by atoms with Gasteiger partial charge in [0, 0.05) is 17.7 Å². The normalized spacial score (nSPS) is 14.2. The van der Waals surface area contributed by atoms with Crippen LogP contribution in [0.1, 0.15) is 42.6 Å². The van der Waals surface area contributed by atoms with Crippen LogP contribution in [0.4, 0.5) is 5.69 Å². The number of carbonyl (C=O) groups is 4. The molecule has 1 aromatic rings. The van der Waals surface area contributed by atoms with Crippen LogP contribution in [0.15, 0.2) is 18.2 Å². The lowest BCUT2D eigenvalue weighted by Crippen LogP contribution is -2.46. The quantitative estimate of drug-likeness (QED) is 0.575. The Morgan fingerprint density at radius 3 is 2.62 bits per heavy atom. The highest BCUT2D eigenvalue weighted by Crippen LogP contribution is 2.23. The molecule has 1 aromatic carbocycles. The number of anilines is 1. The first-order valence-corrected chi connectivity index (χ1v) is 8.49. The molecular formula is C18H23N3O5. The van der Waals surface area contributed by atoms with E-state index in [1.54, 1.807) is 18.2 Å². The van der Waals surface area contributed by atoms with Crippen molar-refractivity contribution in [1.82, 2.24) is 10.6 Å². The van der Waals surface area contributed by atoms with E-state index in [-0.39, 0.29) is 18.4 Å². The van der Waals surface area contributed by atoms with Crippen molar-refractivity contribution in [2.45, 2.75) is 39.2 Å². The number of rotatable bonds is 7. The molecule has 0 radical (unpaired) electrons. The molecule has 2 rings (SSSR count). The van der Waals surface area contributed by atoms with Crippen LogP contribution in [0.25, 0.3) is 0 Å². The van der Waals surface area contributed by atoms with Crippen LogP contribution in [0.5, 0.6) is 0 Å². The van der Waals surface area contributed by atoms with Gasteiger partial charge in [0.25, 0.3) is 5.91 Å². The predicted octanol–water partition coefficient (Wildman–Crippen LogP) is 0.917. The highest BCUT2D eigenvalue weighted by Gasteiger charge is 2.21. The Labute approximate surface area is 151 Å². The lowest BCUT2D eigenvalue weighted by molar-refractivity contribution is -0.142. The zero-order valence-electron chi connectivity index (χ0n) is 14.8. The topological polar surface area (TPSA) is 125 Å². The Kier molecular flexibility index (Phi) is 6.32. The molecule has 26 heavy (non-hydrogen) atoms. The van der Waals surface area contributed by atoms with Crippen LogP contribution in [0, 0.1) is 5.92 Å². The van der Waals surface area contributed by atoms with Gasteiger partial charge in [0.05, 0.1) is 6.54 Å². The highest BCUT2D eigenvalue weighted by molar-refractivity contribution is 5.99. The highest BCUT2D eigenvalue weighted by atomic mass is 16.4. The zero-order chi connectivity index (χ0) is 19.3. The monoisotopic (exact) mass is 361 g/mol. The number of aliphatic carboxylic acids is 1. The second-order valence-electron chi connectivity index (χ2n) is 6.69. The molecule has 0 aromatic heterocycles. The van der Waals surface area contributed by atoms with Crippen LogP contribution in [-0.4, -0.2) is 41.4 Å². The summed E-state index contributed by atoms with van der Waals surface area (Å²) >= 11 is 0. The lowest BCUT2D eigenvalue weighted by atomic mass is 10.00. The van der Waals surface area contributed by atoms with E-state index in [2.05, 4.69) is 16.0 Å². The standard InChI is InChI=1S/C18H23N3O5/c1-10(2)7-14(18(25)26)21-16(23)9-19-17(24)12-3-5-13-11(8-12)4-6-15(22)20-13/h3,5,8,10,14H,4,6-7,9H2,1-2H3,(H,19,24)(H,20,22)(H,21,23)(H,25,26)/t14-/m0/s1. The average Bonchev–Trinajstić information content (AvgIpc) is 2.58. The molecule has 0 saturated heterocycles. The maximum absolute atomic E-state index is 12.2. The maximum atomic E-state index is 12.2. The van der Waals surface area contributed by atoms with Gasteiger partial charge in [0.2, 0.25) is 11.8 Å². The Balaban J connectivity index is 1.91. The van der Waals surface area contributed by atoms with E-state index in [1.807, 2.05) is 13.8 Å². The smallest absolute Gasteiger partial charge is 0.326 e. The van der Waals surface area contributed by atoms with Crippen LogP contribution in [0.3, 0.4) is 0 Å². The van der Waals surface area contributed by atoms with Crippen molar-refractivity contribution >= 4 is 29.4 Å². The van der Waals surface area contributed by atoms with Gasteiger partial charge in [-0.1, -0.05) is 13.8 Å². The fourth-order valence-electron chi connectivity index (χ4n) is 2.73. The van der Waals surface area contributed by atoms with Crippen LogP contribution < -0.4 is 16.0 Å². The molecule has 0 unspecified atom stereocenters. The summed E-state index contributed by atoms with van der Waals surface area (Å²) in [5, 5.41) is 16.7. The second-order valence-corrected chi connectivity index (χ2v) is 6.69. The summed E-state index contributed by atoms with van der Waals surface area (Å²) < 4.78 is 0. The van der Waals surface area contributed by atoms with Crippen LogP contribution in [-0.2, 0) is 20.8 Å². The van der Waals surface area contributed by atoms with Gasteiger partial charge >= 0.3 is 5.97 Å². The maximum Gasteiger partial charge on any atom is 0.326 e. The number of hydrogen-bond donors (Lipinski definition) is 4. The lowest BCUT2D eigenvalue weighted by Gasteiger charge is -2.18. The Bertz CT molecular complexity index is 730. The number of carboxylic acid groups (broad SMARTS) is 1. The molecule has 8 heteroatoms. The van der Waals surface area contributed by atoms with E-state index in [9.17, 15) is 19.2 Å². The van der Waals surface area contributed by atoms with Gasteiger partial charge in [-0.25, -0.2) is 4.79 Å². The summed E-state index contributed by atoms with van der Waals surface area (Å²) in [5.74, 6) is -2.04. The number of fused-ring (bicyclic) bond motifs is 1. The van der Waals surface area contributed by atoms with Gasteiger partial charge in [-0.15, -0.1) is 0 Å². The molecule has 0 fully saturated rings. The molecule has 0 aliphatic carbocycles. The SMILES string of the molecule is CC(C)C[C@H](NC(=O)CNC(=O)c1ccc2c(c1)CCC(=O)N2)C(=O)O. The molecule has 1 heterocycles. The fourth-order valence-corrected chi connectivity index (χ4v) is 2.73. The molecule has 0 saturated carbocycles. The first-order chi connectivity index (χ1) is 12.3. The first-order valence-electron chi connectivity index (χ1n) is 8.49. The van der Waals surface area contributed by atoms with Crippen LogP contribution >= 0.6 is 0 Å². The molecule has 1 aliphatic heterocycles. The summed E-state index contributed by atoms with van der Waals surface area (Å²) in [5.41, 5.74) is 1.93. The van der Waals surface area contributed by atoms with Gasteiger partial charge < -0.3 is 21.1 Å². The minimum Gasteiger partial charge on any atom is -0.480 e. The van der Waals surface area contributed by atoms with Gasteiger partial charge in [-0.3, -0.25) is 14.4 Å². The third-order valence-corrected chi connectivity index (χ3v) is 4.01. The third-order valence-electron chi connectivity index (χ3n) is 4.01. The molecule has 140 valence electrons. The number of hydrogen-bond acceptors (Lipinski definition) is 4. The summed E-state index contributed by atoms with van der Waals surface area (Å²) in [6.07, 6.45) is 1.23. The third kappa shape index (κ3) is 5.30. The fraction of sp³-hybridized carbons (Fsp3) is 0.444. The van der Waals surface area contributed by atoms with Crippen molar-refractivity contribution in [2.75, 3.05) is 11.9 Å². The molecule has 0 bridgehead atoms. The number of aryl methyl sites for hydroxylation is 1. The summed E-state index contributed by atoms with van der Waals surface area (Å²) in [4.78, 5) is 46.6. The van der Waals surface area contributed by atoms with Crippen molar-refractivity contribution in [1.29, 1.82) is 0 Å². The number of carbonyl (C=O) groups excluding carboxylic acids is 3. The summed E-state index contributed by atoms with van der Waals surface area (Å²) in [6.45, 7) is 3.42. The van der Waals surface area contributed by atoms with E-state index in [4.69, 9.17) is 5.11 Å². The molecule has 0 spiro atoms. The van der Waals surface area contributed by atoms with Crippen molar-refractivity contribution < 1.29 is 24.3 Å². The summed E-state index contributed by atoms with van der Waals surface area (Å²) in [7, 11) is 0. The van der Waals surface area contributed by atoms with Gasteiger partial charge in [-0.05, 0) is 42.5 Å². The first kappa shape index (κ1) is 19.4. The Hall–Kier alpha value is -2.90. The number of amides is 3. The average molecular weight is 361 g/mol.